The number of hydrogen-bond acceptors (Lipinski definition) is 6. The van der Waals surface area contributed by atoms with Crippen LogP contribution in [0.4, 0.5) is 11.4 Å². The Morgan fingerprint density at radius 2 is 1.21 bits per heavy atom. The molecule has 172 valence electrons. The highest BCUT2D eigenvalue weighted by molar-refractivity contribution is 14.1. The normalized spacial score (nSPS) is 9.73. The molecule has 0 aliphatic heterocycles. The summed E-state index contributed by atoms with van der Waals surface area (Å²) in [5.41, 5.74) is 12.2. The van der Waals surface area contributed by atoms with E-state index in [9.17, 15) is 0 Å². The Hall–Kier alpha value is -2.17. The van der Waals surface area contributed by atoms with Crippen LogP contribution in [0.5, 0.6) is 17.2 Å². The summed E-state index contributed by atoms with van der Waals surface area (Å²) in [5.74, 6) is 1.35. The van der Waals surface area contributed by atoms with Crippen LogP contribution in [-0.4, -0.2) is 15.1 Å². The maximum Gasteiger partial charge on any atom is 0.150 e. The predicted octanol–water partition coefficient (Wildman–Crippen LogP) is 7.73. The number of rotatable bonds is 2. The van der Waals surface area contributed by atoms with Gasteiger partial charge in [-0.05, 0) is 77.2 Å². The van der Waals surface area contributed by atoms with Crippen LogP contribution in [0.1, 0.15) is 0 Å². The Kier molecular flexibility index (Phi) is 11.1. The second-order valence-electron chi connectivity index (χ2n) is 6.12. The van der Waals surface area contributed by atoms with E-state index in [1.165, 1.54) is 12.4 Å². The summed E-state index contributed by atoms with van der Waals surface area (Å²) in [7, 11) is 0. The molecule has 0 saturated heterocycles. The fraction of sp³-hybridized carbons (Fsp3) is 0. The Morgan fingerprint density at radius 3 is 1.70 bits per heavy atom. The van der Waals surface area contributed by atoms with Crippen LogP contribution in [0, 0.1) is 3.57 Å². The van der Waals surface area contributed by atoms with Crippen molar-refractivity contribution in [3.05, 3.63) is 97.0 Å². The van der Waals surface area contributed by atoms with Gasteiger partial charge >= 0.3 is 0 Å². The summed E-state index contributed by atoms with van der Waals surface area (Å²) in [6.07, 6.45) is 2.97. The van der Waals surface area contributed by atoms with Crippen LogP contribution in [-0.2, 0) is 0 Å². The summed E-state index contributed by atoms with van der Waals surface area (Å²) in [6.45, 7) is 0. The van der Waals surface area contributed by atoms with Gasteiger partial charge in [0, 0.05) is 27.2 Å². The summed E-state index contributed by atoms with van der Waals surface area (Å²) in [4.78, 5) is 7.60. The zero-order valence-corrected chi connectivity index (χ0v) is 21.9. The molecule has 6 nitrogen and oxygen atoms in total. The molecule has 0 bridgehead atoms. The van der Waals surface area contributed by atoms with Crippen LogP contribution in [0.2, 0.25) is 20.4 Å². The van der Waals surface area contributed by atoms with Gasteiger partial charge in [-0.1, -0.05) is 46.4 Å². The fourth-order valence-electron chi connectivity index (χ4n) is 2.00. The molecule has 2 heterocycles. The number of ether oxygens (including phenoxy) is 1. The quantitative estimate of drug-likeness (QED) is 0.0899. The third-order valence-electron chi connectivity index (χ3n) is 3.56. The first kappa shape index (κ1) is 27.1. The van der Waals surface area contributed by atoms with Crippen molar-refractivity contribution in [3.8, 4) is 17.2 Å². The zero-order valence-electron chi connectivity index (χ0n) is 16.7. The van der Waals surface area contributed by atoms with Gasteiger partial charge in [-0.3, -0.25) is 0 Å². The average Bonchev–Trinajstić information content (AvgIpc) is 2.78. The SMILES string of the molecule is Clc1cc(I)c(Cl)cn1.Nc1ccc(O)cc1.Nc1ccc(Oc2cc(Cl)ncc2Cl)cc1. The molecule has 33 heavy (non-hydrogen) atoms. The molecule has 0 aliphatic carbocycles. The maximum absolute atomic E-state index is 8.70. The van der Waals surface area contributed by atoms with Crippen molar-refractivity contribution in [2.45, 2.75) is 0 Å². The molecule has 0 spiro atoms. The number of phenolic OH excluding ortho intramolecular Hbond substituents is 1. The zero-order chi connectivity index (χ0) is 24.4. The lowest BCUT2D eigenvalue weighted by molar-refractivity contribution is 0.475. The van der Waals surface area contributed by atoms with Crippen molar-refractivity contribution >= 4 is 80.4 Å². The molecule has 0 saturated carbocycles. The molecule has 4 aromatic rings. The molecule has 0 unspecified atom stereocenters. The molecule has 0 atom stereocenters. The lowest BCUT2D eigenvalue weighted by Gasteiger charge is -2.07. The molecule has 0 aliphatic rings. The van der Waals surface area contributed by atoms with Crippen LogP contribution in [0.25, 0.3) is 0 Å². The minimum Gasteiger partial charge on any atom is -0.508 e. The van der Waals surface area contributed by atoms with E-state index in [2.05, 4.69) is 32.6 Å². The summed E-state index contributed by atoms with van der Waals surface area (Å²) < 4.78 is 6.46. The maximum atomic E-state index is 8.70. The second kappa shape index (κ2) is 13.5. The number of phenols is 1. The lowest BCUT2D eigenvalue weighted by Crippen LogP contribution is -1.88. The fourth-order valence-corrected chi connectivity index (χ4v) is 3.17. The second-order valence-corrected chi connectivity index (χ2v) is 8.87. The molecular weight excluding hydrogens is 621 g/mol. The smallest absolute Gasteiger partial charge is 0.150 e. The van der Waals surface area contributed by atoms with Gasteiger partial charge in [0.05, 0.1) is 11.2 Å². The van der Waals surface area contributed by atoms with Crippen LogP contribution < -0.4 is 16.2 Å². The molecule has 5 N–H and O–H groups in total. The Balaban J connectivity index is 0.000000192. The van der Waals surface area contributed by atoms with Crippen molar-refractivity contribution in [1.29, 1.82) is 0 Å². The summed E-state index contributed by atoms with van der Waals surface area (Å²) in [5, 5.41) is 10.5. The van der Waals surface area contributed by atoms with Crippen molar-refractivity contribution < 1.29 is 9.84 Å². The number of aromatic hydroxyl groups is 1. The van der Waals surface area contributed by atoms with Crippen LogP contribution >= 0.6 is 69.0 Å². The van der Waals surface area contributed by atoms with E-state index in [1.54, 1.807) is 60.7 Å². The number of anilines is 2. The van der Waals surface area contributed by atoms with Gasteiger partial charge in [-0.2, -0.15) is 0 Å². The topological polar surface area (TPSA) is 107 Å². The highest BCUT2D eigenvalue weighted by Crippen LogP contribution is 2.30. The minimum absolute atomic E-state index is 0.249. The molecule has 2 aromatic carbocycles. The molecule has 4 rings (SSSR count). The molecule has 11 heteroatoms. The van der Waals surface area contributed by atoms with Crippen molar-refractivity contribution in [3.63, 3.8) is 0 Å². The van der Waals surface area contributed by atoms with Crippen molar-refractivity contribution in [1.82, 2.24) is 9.97 Å². The van der Waals surface area contributed by atoms with Gasteiger partial charge < -0.3 is 21.3 Å². The Morgan fingerprint density at radius 1 is 0.727 bits per heavy atom. The molecule has 0 radical (unpaired) electrons. The first-order valence-corrected chi connectivity index (χ1v) is 11.6. The number of aromatic nitrogens is 2. The Bertz CT molecular complexity index is 1160. The third-order valence-corrected chi connectivity index (χ3v) is 5.77. The van der Waals surface area contributed by atoms with E-state index in [-0.39, 0.29) is 5.75 Å². The lowest BCUT2D eigenvalue weighted by atomic mass is 10.3. The minimum atomic E-state index is 0.249. The number of nitrogens with zero attached hydrogens (tertiary/aromatic N) is 2. The predicted molar refractivity (Wildman–Crippen MR) is 145 cm³/mol. The largest absolute Gasteiger partial charge is 0.508 e. The van der Waals surface area contributed by atoms with Crippen molar-refractivity contribution in [2.24, 2.45) is 0 Å². The van der Waals surface area contributed by atoms with Gasteiger partial charge in [-0.25, -0.2) is 9.97 Å². The van der Waals surface area contributed by atoms with Crippen molar-refractivity contribution in [2.75, 3.05) is 11.5 Å². The highest BCUT2D eigenvalue weighted by atomic mass is 127. The van der Waals surface area contributed by atoms with Gasteiger partial charge in [0.15, 0.2) is 5.75 Å². The van der Waals surface area contributed by atoms with E-state index < -0.39 is 0 Å². The summed E-state index contributed by atoms with van der Waals surface area (Å²) >= 11 is 24.9. The number of benzene rings is 2. The highest BCUT2D eigenvalue weighted by Gasteiger charge is 2.04. The van der Waals surface area contributed by atoms with E-state index >= 15 is 0 Å². The average molecular weight is 638 g/mol. The Labute approximate surface area is 224 Å². The number of pyridine rings is 2. The molecule has 2 aromatic heterocycles. The van der Waals surface area contributed by atoms with Crippen LogP contribution in [0.3, 0.4) is 0 Å². The van der Waals surface area contributed by atoms with Gasteiger partial charge in [-0.15, -0.1) is 0 Å². The standard InChI is InChI=1S/C11H8Cl2N2O.C6H7NO.C5H2Cl2IN/c12-9-6-15-11(13)5-10(9)16-8-3-1-7(14)2-4-8;7-5-1-3-6(8)4-2-5;6-3-2-9-5(7)1-4(3)8/h1-6H,14H2;1-4,8H,7H2;1-2H. The number of halogens is 5. The number of hydrogen-bond donors (Lipinski definition) is 3. The third kappa shape index (κ3) is 10.1. The molecule has 0 fully saturated rings. The monoisotopic (exact) mass is 636 g/mol. The van der Waals surface area contributed by atoms with Gasteiger partial charge in [0.25, 0.3) is 0 Å². The van der Waals surface area contributed by atoms with E-state index in [0.717, 1.165) is 3.57 Å². The first-order valence-electron chi connectivity index (χ1n) is 8.99. The molecule has 0 amide bonds. The summed E-state index contributed by atoms with van der Waals surface area (Å²) in [6, 6.07) is 16.7. The van der Waals surface area contributed by atoms with Gasteiger partial charge in [0.1, 0.15) is 26.8 Å². The van der Waals surface area contributed by atoms with Gasteiger partial charge in [0.2, 0.25) is 0 Å². The van der Waals surface area contributed by atoms with E-state index in [4.69, 9.17) is 67.7 Å². The molecular formula is C22H17Cl4IN4O2. The van der Waals surface area contributed by atoms with E-state index in [0.29, 0.717) is 43.2 Å². The number of nitrogen functional groups attached to an aromatic ring is 2. The number of nitrogens with two attached hydrogens (primary N) is 2. The van der Waals surface area contributed by atoms with Crippen LogP contribution in [0.15, 0.2) is 73.1 Å². The first-order chi connectivity index (χ1) is 15.6. The van der Waals surface area contributed by atoms with E-state index in [1.807, 2.05) is 0 Å².